The van der Waals surface area contributed by atoms with Crippen molar-refractivity contribution in [2.45, 2.75) is 18.9 Å². The Labute approximate surface area is 165 Å². The molecule has 0 unspecified atom stereocenters. The number of hydrogen-bond donors (Lipinski definition) is 2. The molecule has 0 bridgehead atoms. The number of nitrogens with one attached hydrogen (secondary N) is 1. The summed E-state index contributed by atoms with van der Waals surface area (Å²) in [5.74, 6) is 0.408. The molecule has 1 aromatic heterocycles. The molecule has 0 saturated heterocycles. The number of ether oxygens (including phenoxy) is 1. The van der Waals surface area contributed by atoms with E-state index in [2.05, 4.69) is 41.5 Å². The first-order chi connectivity index (χ1) is 13.4. The second-order valence-electron chi connectivity index (χ2n) is 6.93. The van der Waals surface area contributed by atoms with Crippen LogP contribution in [0.25, 0.3) is 11.1 Å². The summed E-state index contributed by atoms with van der Waals surface area (Å²) >= 11 is 0. The molecule has 1 amide bonds. The van der Waals surface area contributed by atoms with Crippen molar-refractivity contribution in [3.8, 4) is 16.9 Å². The van der Waals surface area contributed by atoms with Crippen LogP contribution in [-0.4, -0.2) is 23.0 Å². The van der Waals surface area contributed by atoms with E-state index in [9.17, 15) is 4.79 Å². The molecule has 143 valence electrons. The fourth-order valence-corrected chi connectivity index (χ4v) is 2.59. The van der Waals surface area contributed by atoms with Crippen LogP contribution in [0.3, 0.4) is 0 Å². The highest BCUT2D eigenvalue weighted by Crippen LogP contribution is 2.19. The number of pyridine rings is 1. The van der Waals surface area contributed by atoms with E-state index >= 15 is 0 Å². The van der Waals surface area contributed by atoms with E-state index in [-0.39, 0.29) is 5.91 Å². The van der Waals surface area contributed by atoms with E-state index in [1.165, 1.54) is 5.56 Å². The molecule has 2 aromatic carbocycles. The van der Waals surface area contributed by atoms with E-state index in [1.807, 2.05) is 30.5 Å². The summed E-state index contributed by atoms with van der Waals surface area (Å²) in [7, 11) is 0. The number of hydrogen-bond acceptors (Lipinski definition) is 4. The molecule has 1 atom stereocenters. The van der Waals surface area contributed by atoms with Crippen LogP contribution in [0.2, 0.25) is 0 Å². The predicted molar refractivity (Wildman–Crippen MR) is 112 cm³/mol. The summed E-state index contributed by atoms with van der Waals surface area (Å²) in [6.07, 6.45) is 4.43. The van der Waals surface area contributed by atoms with E-state index in [0.29, 0.717) is 12.3 Å². The van der Waals surface area contributed by atoms with E-state index < -0.39 is 5.54 Å². The Morgan fingerprint density at radius 1 is 1.11 bits per heavy atom. The molecular weight excluding hydrogens is 350 g/mol. The SMILES string of the molecule is [CH2][C@@](C)(N)C(=O)Nc1ccc(OCCc2ccc(-c3cccnc3)cc2)cc1. The van der Waals surface area contributed by atoms with Crippen LogP contribution in [-0.2, 0) is 11.2 Å². The normalized spacial score (nSPS) is 11.1. The molecule has 1 radical (unpaired) electrons. The monoisotopic (exact) mass is 374 g/mol. The van der Waals surface area contributed by atoms with Gasteiger partial charge in [0.25, 0.3) is 0 Å². The van der Waals surface area contributed by atoms with Crippen LogP contribution in [0.1, 0.15) is 12.5 Å². The molecule has 0 aliphatic carbocycles. The third-order valence-electron chi connectivity index (χ3n) is 4.24. The zero-order valence-corrected chi connectivity index (χ0v) is 15.9. The minimum absolute atomic E-state index is 0.337. The number of nitrogens with zero attached hydrogens (tertiary/aromatic N) is 1. The number of anilines is 1. The van der Waals surface area contributed by atoms with Crippen LogP contribution in [0.15, 0.2) is 73.1 Å². The topological polar surface area (TPSA) is 77.2 Å². The van der Waals surface area contributed by atoms with Gasteiger partial charge in [0, 0.05) is 24.5 Å². The molecule has 0 aliphatic heterocycles. The van der Waals surface area contributed by atoms with Gasteiger partial charge in [-0.05, 0) is 60.9 Å². The van der Waals surface area contributed by atoms with Crippen molar-refractivity contribution in [1.82, 2.24) is 4.98 Å². The Bertz CT molecular complexity index is 899. The van der Waals surface area contributed by atoms with E-state index in [1.54, 1.807) is 25.3 Å². The number of aromatic nitrogens is 1. The molecule has 0 aliphatic rings. The standard InChI is InChI=1S/C23H24N3O2/c1-23(2,24)22(27)26-20-9-11-21(12-10-20)28-15-13-17-5-7-18(8-6-17)19-4-3-14-25-16-19/h3-12,14,16H,1,13,15,24H2,2H3,(H,26,27)/t23-/m0/s1. The summed E-state index contributed by atoms with van der Waals surface area (Å²) in [6.45, 7) is 5.74. The van der Waals surface area contributed by atoms with Gasteiger partial charge in [-0.1, -0.05) is 30.3 Å². The average molecular weight is 374 g/mol. The Hall–Kier alpha value is -3.18. The highest BCUT2D eigenvalue weighted by Gasteiger charge is 2.21. The minimum Gasteiger partial charge on any atom is -0.493 e. The lowest BCUT2D eigenvalue weighted by molar-refractivity contribution is -0.119. The Morgan fingerprint density at radius 3 is 2.43 bits per heavy atom. The first-order valence-electron chi connectivity index (χ1n) is 9.10. The lowest BCUT2D eigenvalue weighted by Crippen LogP contribution is -2.45. The molecule has 3 N–H and O–H groups in total. The molecule has 0 fully saturated rings. The predicted octanol–water partition coefficient (Wildman–Crippen LogP) is 3.86. The van der Waals surface area contributed by atoms with Gasteiger partial charge in [0.1, 0.15) is 5.75 Å². The minimum atomic E-state index is -1.16. The zero-order chi connectivity index (χ0) is 20.0. The number of benzene rings is 2. The molecular formula is C23H24N3O2. The summed E-state index contributed by atoms with van der Waals surface area (Å²) < 4.78 is 5.79. The third kappa shape index (κ3) is 5.41. The van der Waals surface area contributed by atoms with Crippen molar-refractivity contribution in [3.05, 3.63) is 85.5 Å². The van der Waals surface area contributed by atoms with Crippen LogP contribution in [0, 0.1) is 6.92 Å². The van der Waals surface area contributed by atoms with Crippen LogP contribution in [0.4, 0.5) is 5.69 Å². The zero-order valence-electron chi connectivity index (χ0n) is 15.9. The summed E-state index contributed by atoms with van der Waals surface area (Å²) in [4.78, 5) is 16.0. The lowest BCUT2D eigenvalue weighted by Gasteiger charge is -2.17. The molecule has 0 spiro atoms. The molecule has 0 saturated carbocycles. The van der Waals surface area contributed by atoms with Crippen molar-refractivity contribution in [2.24, 2.45) is 5.73 Å². The van der Waals surface area contributed by atoms with Gasteiger partial charge in [0.15, 0.2) is 0 Å². The van der Waals surface area contributed by atoms with E-state index in [4.69, 9.17) is 10.5 Å². The van der Waals surface area contributed by atoms with Crippen molar-refractivity contribution in [2.75, 3.05) is 11.9 Å². The Morgan fingerprint density at radius 2 is 1.82 bits per heavy atom. The maximum atomic E-state index is 11.8. The highest BCUT2D eigenvalue weighted by molar-refractivity contribution is 5.98. The fraction of sp³-hybridized carbons (Fsp3) is 0.174. The van der Waals surface area contributed by atoms with Gasteiger partial charge in [0.05, 0.1) is 12.1 Å². The van der Waals surface area contributed by atoms with Gasteiger partial charge in [-0.3, -0.25) is 9.78 Å². The molecule has 1 heterocycles. The number of amides is 1. The molecule has 3 aromatic rings. The number of nitrogens with two attached hydrogens (primary N) is 1. The van der Waals surface area contributed by atoms with Crippen molar-refractivity contribution in [3.63, 3.8) is 0 Å². The maximum Gasteiger partial charge on any atom is 0.244 e. The van der Waals surface area contributed by atoms with Gasteiger partial charge in [-0.25, -0.2) is 0 Å². The molecule has 28 heavy (non-hydrogen) atoms. The first-order valence-corrected chi connectivity index (χ1v) is 9.10. The smallest absolute Gasteiger partial charge is 0.244 e. The van der Waals surface area contributed by atoms with Gasteiger partial charge in [-0.15, -0.1) is 0 Å². The van der Waals surface area contributed by atoms with Crippen molar-refractivity contribution >= 4 is 11.6 Å². The van der Waals surface area contributed by atoms with E-state index in [0.717, 1.165) is 23.3 Å². The molecule has 5 heteroatoms. The summed E-state index contributed by atoms with van der Waals surface area (Å²) in [5.41, 5.74) is 8.61. The van der Waals surface area contributed by atoms with Gasteiger partial charge in [-0.2, -0.15) is 0 Å². The first kappa shape index (κ1) is 19.6. The summed E-state index contributed by atoms with van der Waals surface area (Å²) in [5, 5.41) is 2.72. The van der Waals surface area contributed by atoms with Gasteiger partial charge in [0.2, 0.25) is 5.91 Å². The maximum absolute atomic E-state index is 11.8. The number of carbonyl (C=O) groups is 1. The van der Waals surface area contributed by atoms with Crippen molar-refractivity contribution < 1.29 is 9.53 Å². The Balaban J connectivity index is 1.49. The van der Waals surface area contributed by atoms with Crippen LogP contribution >= 0.6 is 0 Å². The lowest BCUT2D eigenvalue weighted by atomic mass is 10.0. The number of carbonyl (C=O) groups excluding carboxylic acids is 1. The molecule has 5 nitrogen and oxygen atoms in total. The van der Waals surface area contributed by atoms with Crippen LogP contribution in [0.5, 0.6) is 5.75 Å². The fourth-order valence-electron chi connectivity index (χ4n) is 2.59. The largest absolute Gasteiger partial charge is 0.493 e. The second kappa shape index (κ2) is 8.67. The summed E-state index contributed by atoms with van der Waals surface area (Å²) in [6, 6.07) is 19.6. The molecule has 3 rings (SSSR count). The van der Waals surface area contributed by atoms with Crippen LogP contribution < -0.4 is 15.8 Å². The quantitative estimate of drug-likeness (QED) is 0.658. The Kier molecular flexibility index (Phi) is 6.06. The highest BCUT2D eigenvalue weighted by atomic mass is 16.5. The second-order valence-corrected chi connectivity index (χ2v) is 6.93. The van der Waals surface area contributed by atoms with Crippen molar-refractivity contribution in [1.29, 1.82) is 0 Å². The van der Waals surface area contributed by atoms with Gasteiger partial charge >= 0.3 is 0 Å². The third-order valence-corrected chi connectivity index (χ3v) is 4.24. The average Bonchev–Trinajstić information content (AvgIpc) is 2.70. The number of rotatable bonds is 7. The van der Waals surface area contributed by atoms with Gasteiger partial charge < -0.3 is 15.8 Å².